The van der Waals surface area contributed by atoms with Crippen molar-refractivity contribution in [2.75, 3.05) is 6.67 Å². The summed E-state index contributed by atoms with van der Waals surface area (Å²) in [5.41, 5.74) is 7.64. The summed E-state index contributed by atoms with van der Waals surface area (Å²) in [5.74, 6) is -0.228. The minimum Gasteiger partial charge on any atom is -0.340 e. The van der Waals surface area contributed by atoms with Crippen molar-refractivity contribution in [3.8, 4) is 0 Å². The van der Waals surface area contributed by atoms with Crippen LogP contribution >= 0.6 is 0 Å². The maximum Gasteiger partial charge on any atom is 0.253 e. The Morgan fingerprint density at radius 3 is 2.63 bits per heavy atom. The Hall–Kier alpha value is -2.53. The molecule has 0 aliphatic heterocycles. The zero-order valence-electron chi connectivity index (χ0n) is 10.3. The quantitative estimate of drug-likeness (QED) is 0.806. The van der Waals surface area contributed by atoms with Gasteiger partial charge < -0.3 is 11.1 Å². The molecule has 1 amide bonds. The number of hydrogen-bond acceptors (Lipinski definition) is 4. The van der Waals surface area contributed by atoms with Gasteiger partial charge in [0.25, 0.3) is 5.91 Å². The molecule has 0 fully saturated rings. The number of hydrogen-bond donors (Lipinski definition) is 2. The first kappa shape index (κ1) is 12.9. The number of rotatable bonds is 4. The lowest BCUT2D eigenvalue weighted by molar-refractivity contribution is 0.0954. The van der Waals surface area contributed by atoms with Crippen molar-refractivity contribution in [1.29, 1.82) is 0 Å². The molecule has 0 spiro atoms. The first-order chi connectivity index (χ1) is 9.29. The van der Waals surface area contributed by atoms with Gasteiger partial charge in [-0.1, -0.05) is 12.2 Å². The third kappa shape index (κ3) is 3.72. The molecule has 0 aliphatic carbocycles. The van der Waals surface area contributed by atoms with E-state index in [1.807, 2.05) is 24.3 Å². The highest BCUT2D eigenvalue weighted by atomic mass is 16.1. The molecule has 2 rings (SSSR count). The first-order valence-corrected chi connectivity index (χ1v) is 5.81. The Morgan fingerprint density at radius 2 is 1.89 bits per heavy atom. The Bertz CT molecular complexity index is 581. The predicted molar refractivity (Wildman–Crippen MR) is 73.9 cm³/mol. The van der Waals surface area contributed by atoms with Crippen LogP contribution in [-0.4, -0.2) is 22.5 Å². The second-order valence-electron chi connectivity index (χ2n) is 3.83. The molecule has 5 heteroatoms. The summed E-state index contributed by atoms with van der Waals surface area (Å²) in [5, 5.41) is 2.53. The summed E-state index contributed by atoms with van der Waals surface area (Å²) in [6.45, 7) is 0.107. The van der Waals surface area contributed by atoms with Crippen molar-refractivity contribution < 1.29 is 4.79 Å². The molecule has 0 atom stereocenters. The average Bonchev–Trinajstić information content (AvgIpc) is 2.47. The highest BCUT2D eigenvalue weighted by Gasteiger charge is 2.04. The van der Waals surface area contributed by atoms with Crippen LogP contribution in [0.2, 0.25) is 0 Å². The molecule has 96 valence electrons. The minimum absolute atomic E-state index is 0.107. The second-order valence-corrected chi connectivity index (χ2v) is 3.83. The molecule has 3 N–H and O–H groups in total. The van der Waals surface area contributed by atoms with E-state index in [2.05, 4.69) is 15.3 Å². The summed E-state index contributed by atoms with van der Waals surface area (Å²) < 4.78 is 0. The maximum absolute atomic E-state index is 11.6. The van der Waals surface area contributed by atoms with Gasteiger partial charge in [-0.25, -0.2) is 0 Å². The van der Waals surface area contributed by atoms with Crippen molar-refractivity contribution in [3.05, 3.63) is 59.7 Å². The summed E-state index contributed by atoms with van der Waals surface area (Å²) in [6.07, 6.45) is 10.5. The van der Waals surface area contributed by atoms with Crippen molar-refractivity contribution in [1.82, 2.24) is 15.3 Å². The predicted octanol–water partition coefficient (Wildman–Crippen LogP) is 1.29. The van der Waals surface area contributed by atoms with Crippen LogP contribution in [0.15, 0.2) is 43.0 Å². The molecule has 0 aliphatic rings. The van der Waals surface area contributed by atoms with Gasteiger partial charge in [-0.2, -0.15) is 0 Å². The highest BCUT2D eigenvalue weighted by molar-refractivity contribution is 5.94. The Kier molecular flexibility index (Phi) is 4.36. The van der Waals surface area contributed by atoms with Crippen LogP contribution in [0.1, 0.15) is 21.5 Å². The van der Waals surface area contributed by atoms with Crippen LogP contribution in [-0.2, 0) is 0 Å². The molecule has 2 aromatic heterocycles. The van der Waals surface area contributed by atoms with E-state index in [9.17, 15) is 4.79 Å². The number of nitrogens with one attached hydrogen (secondary N) is 1. The molecular weight excluding hydrogens is 240 g/mol. The van der Waals surface area contributed by atoms with Crippen LogP contribution in [0.25, 0.3) is 12.2 Å². The molecule has 0 saturated heterocycles. The fraction of sp³-hybridized carbons (Fsp3) is 0.0714. The molecule has 0 radical (unpaired) electrons. The fourth-order valence-electron chi connectivity index (χ4n) is 1.53. The molecule has 2 aromatic rings. The van der Waals surface area contributed by atoms with Crippen LogP contribution in [0, 0.1) is 0 Å². The summed E-state index contributed by atoms with van der Waals surface area (Å²) in [7, 11) is 0. The number of carbonyl (C=O) groups is 1. The van der Waals surface area contributed by atoms with Gasteiger partial charge in [0, 0.05) is 24.8 Å². The lowest BCUT2D eigenvalue weighted by Gasteiger charge is -2.02. The Balaban J connectivity index is 2.15. The number of nitrogens with two attached hydrogens (primary N) is 1. The first-order valence-electron chi connectivity index (χ1n) is 5.81. The van der Waals surface area contributed by atoms with Crippen LogP contribution < -0.4 is 11.1 Å². The van der Waals surface area contributed by atoms with Gasteiger partial charge in [0.05, 0.1) is 12.2 Å². The largest absolute Gasteiger partial charge is 0.340 e. The maximum atomic E-state index is 11.6. The minimum atomic E-state index is -0.228. The Morgan fingerprint density at radius 1 is 1.16 bits per heavy atom. The molecule has 0 saturated carbocycles. The lowest BCUT2D eigenvalue weighted by Crippen LogP contribution is -2.29. The topological polar surface area (TPSA) is 80.9 Å². The summed E-state index contributed by atoms with van der Waals surface area (Å²) in [4.78, 5) is 19.6. The Labute approximate surface area is 111 Å². The van der Waals surface area contributed by atoms with Gasteiger partial charge in [0.2, 0.25) is 0 Å². The standard InChI is InChI=1S/C14H14N4O/c15-10-18-14(19)13-7-12(8-17-9-13)2-1-11-3-5-16-6-4-11/h1-9H,10,15H2,(H,18,19). The van der Waals surface area contributed by atoms with Crippen molar-refractivity contribution in [3.63, 3.8) is 0 Å². The molecule has 0 unspecified atom stereocenters. The monoisotopic (exact) mass is 254 g/mol. The molecule has 19 heavy (non-hydrogen) atoms. The number of aromatic nitrogens is 2. The van der Waals surface area contributed by atoms with Crippen molar-refractivity contribution >= 4 is 18.1 Å². The average molecular weight is 254 g/mol. The SMILES string of the molecule is NCNC(=O)c1cncc(C=Cc2ccncc2)c1. The molecule has 2 heterocycles. The van der Waals surface area contributed by atoms with Gasteiger partial charge in [-0.15, -0.1) is 0 Å². The lowest BCUT2D eigenvalue weighted by atomic mass is 10.1. The normalized spacial score (nSPS) is 10.6. The third-order valence-electron chi connectivity index (χ3n) is 2.46. The molecular formula is C14H14N4O. The van der Waals surface area contributed by atoms with E-state index in [4.69, 9.17) is 5.73 Å². The van der Waals surface area contributed by atoms with E-state index in [0.29, 0.717) is 5.56 Å². The highest BCUT2D eigenvalue weighted by Crippen LogP contribution is 2.08. The van der Waals surface area contributed by atoms with Crippen molar-refractivity contribution in [2.45, 2.75) is 0 Å². The van der Waals surface area contributed by atoms with Gasteiger partial charge >= 0.3 is 0 Å². The van der Waals surface area contributed by atoms with Crippen LogP contribution in [0.5, 0.6) is 0 Å². The van der Waals surface area contributed by atoms with Gasteiger partial charge in [0.15, 0.2) is 0 Å². The molecule has 5 nitrogen and oxygen atoms in total. The van der Waals surface area contributed by atoms with Gasteiger partial charge in [0.1, 0.15) is 0 Å². The van der Waals surface area contributed by atoms with E-state index in [-0.39, 0.29) is 12.6 Å². The fourth-order valence-corrected chi connectivity index (χ4v) is 1.53. The van der Waals surface area contributed by atoms with E-state index in [1.54, 1.807) is 24.7 Å². The van der Waals surface area contributed by atoms with Crippen molar-refractivity contribution in [2.24, 2.45) is 5.73 Å². The molecule has 0 aromatic carbocycles. The number of pyridine rings is 2. The second kappa shape index (κ2) is 6.42. The zero-order chi connectivity index (χ0) is 13.5. The van der Waals surface area contributed by atoms with Gasteiger partial charge in [-0.05, 0) is 29.3 Å². The van der Waals surface area contributed by atoms with E-state index < -0.39 is 0 Å². The summed E-state index contributed by atoms with van der Waals surface area (Å²) in [6, 6.07) is 5.56. The molecule has 0 bridgehead atoms. The van der Waals surface area contributed by atoms with E-state index >= 15 is 0 Å². The third-order valence-corrected chi connectivity index (χ3v) is 2.46. The van der Waals surface area contributed by atoms with Gasteiger partial charge in [-0.3, -0.25) is 14.8 Å². The smallest absolute Gasteiger partial charge is 0.253 e. The number of amides is 1. The zero-order valence-corrected chi connectivity index (χ0v) is 10.3. The van der Waals surface area contributed by atoms with Crippen LogP contribution in [0.3, 0.4) is 0 Å². The number of nitrogens with zero attached hydrogens (tertiary/aromatic N) is 2. The summed E-state index contributed by atoms with van der Waals surface area (Å²) >= 11 is 0. The van der Waals surface area contributed by atoms with Crippen LogP contribution in [0.4, 0.5) is 0 Å². The van der Waals surface area contributed by atoms with E-state index in [1.165, 1.54) is 6.20 Å². The number of carbonyl (C=O) groups excluding carboxylic acids is 1. The van der Waals surface area contributed by atoms with E-state index in [0.717, 1.165) is 11.1 Å².